The van der Waals surface area contributed by atoms with Gasteiger partial charge in [-0.05, 0) is 91.0 Å². The highest BCUT2D eigenvalue weighted by atomic mass is 14.7. The van der Waals surface area contributed by atoms with E-state index in [0.717, 1.165) is 33.6 Å². The van der Waals surface area contributed by atoms with Gasteiger partial charge in [0.15, 0.2) is 0 Å². The molecule has 0 N–H and O–H groups in total. The van der Waals surface area contributed by atoms with Gasteiger partial charge in [-0.2, -0.15) is 10.5 Å². The Labute approximate surface area is 266 Å². The number of rotatable bonds is 4. The second kappa shape index (κ2) is 11.1. The van der Waals surface area contributed by atoms with Crippen LogP contribution in [-0.2, 0) is 0 Å². The first-order chi connectivity index (χ1) is 22.7. The zero-order chi connectivity index (χ0) is 31.0. The molecule has 6 aromatic carbocycles. The van der Waals surface area contributed by atoms with Crippen LogP contribution in [0.2, 0.25) is 0 Å². The number of hydrogen-bond donors (Lipinski definition) is 0. The molecule has 4 heteroatoms. The zero-order valence-electron chi connectivity index (χ0n) is 24.6. The van der Waals surface area contributed by atoms with E-state index >= 15 is 0 Å². The monoisotopic (exact) mass is 584 g/mol. The summed E-state index contributed by atoms with van der Waals surface area (Å²) < 4.78 is 0. The maximum absolute atomic E-state index is 9.38. The normalized spacial score (nSPS) is 11.0. The number of benzene rings is 6. The summed E-state index contributed by atoms with van der Waals surface area (Å²) in [5, 5.41) is 25.8. The fourth-order valence-electron chi connectivity index (χ4n) is 6.42. The van der Waals surface area contributed by atoms with Crippen LogP contribution in [0.1, 0.15) is 11.1 Å². The highest BCUT2D eigenvalue weighted by Crippen LogP contribution is 2.45. The first-order valence-electron chi connectivity index (χ1n) is 15.0. The Morgan fingerprint density at radius 1 is 0.391 bits per heavy atom. The summed E-state index contributed by atoms with van der Waals surface area (Å²) in [4.78, 5) is 9.01. The molecule has 0 unspecified atom stereocenters. The van der Waals surface area contributed by atoms with Crippen LogP contribution in [0.15, 0.2) is 146 Å². The minimum absolute atomic E-state index is 0.591. The van der Waals surface area contributed by atoms with Crippen molar-refractivity contribution in [2.45, 2.75) is 0 Å². The number of nitriles is 2. The molecule has 0 atom stereocenters. The molecule has 8 aromatic rings. The minimum Gasteiger partial charge on any atom is -0.256 e. The van der Waals surface area contributed by atoms with Crippen LogP contribution >= 0.6 is 0 Å². The van der Waals surface area contributed by atoms with Crippen molar-refractivity contribution in [2.75, 3.05) is 0 Å². The molecular formula is C42H24N4. The van der Waals surface area contributed by atoms with Crippen molar-refractivity contribution in [3.63, 3.8) is 0 Å². The second-order valence-electron chi connectivity index (χ2n) is 11.3. The molecule has 2 heterocycles. The molecule has 0 saturated carbocycles. The predicted octanol–water partition coefficient (Wildman–Crippen LogP) is 10.3. The largest absolute Gasteiger partial charge is 0.256 e. The number of pyridine rings is 2. The van der Waals surface area contributed by atoms with Gasteiger partial charge in [0, 0.05) is 23.5 Å². The van der Waals surface area contributed by atoms with E-state index in [2.05, 4.69) is 131 Å². The van der Waals surface area contributed by atoms with Crippen LogP contribution in [0, 0.1) is 22.7 Å². The Bertz CT molecular complexity index is 2360. The lowest BCUT2D eigenvalue weighted by Crippen LogP contribution is -1.92. The van der Waals surface area contributed by atoms with Gasteiger partial charge in [-0.25, -0.2) is 0 Å². The molecule has 0 saturated heterocycles. The molecule has 8 rings (SSSR count). The lowest BCUT2D eigenvalue weighted by molar-refractivity contribution is 1.31. The number of hydrogen-bond acceptors (Lipinski definition) is 4. The third kappa shape index (κ3) is 4.63. The van der Waals surface area contributed by atoms with E-state index in [1.165, 1.54) is 43.4 Å². The van der Waals surface area contributed by atoms with Crippen LogP contribution < -0.4 is 0 Å². The van der Waals surface area contributed by atoms with Crippen LogP contribution in [-0.4, -0.2) is 9.97 Å². The van der Waals surface area contributed by atoms with Crippen LogP contribution in [0.25, 0.3) is 77.1 Å². The molecule has 212 valence electrons. The number of nitrogens with zero attached hydrogens (tertiary/aromatic N) is 4. The van der Waals surface area contributed by atoms with E-state index in [0.29, 0.717) is 11.1 Å². The first kappa shape index (κ1) is 27.0. The van der Waals surface area contributed by atoms with Crippen molar-refractivity contribution in [3.05, 3.63) is 157 Å². The fraction of sp³-hybridized carbons (Fsp3) is 0. The molecule has 0 bridgehead atoms. The molecule has 0 aliphatic rings. The molecule has 0 fully saturated rings. The fourth-order valence-corrected chi connectivity index (χ4v) is 6.42. The van der Waals surface area contributed by atoms with Gasteiger partial charge < -0.3 is 0 Å². The van der Waals surface area contributed by atoms with Gasteiger partial charge in [0.25, 0.3) is 0 Å². The summed E-state index contributed by atoms with van der Waals surface area (Å²) in [6, 6.07) is 50.2. The van der Waals surface area contributed by atoms with E-state index in [4.69, 9.17) is 0 Å². The Morgan fingerprint density at radius 3 is 1.20 bits per heavy atom. The molecule has 2 aromatic heterocycles. The van der Waals surface area contributed by atoms with Crippen molar-refractivity contribution in [1.29, 1.82) is 10.5 Å². The highest BCUT2D eigenvalue weighted by Gasteiger charge is 2.18. The van der Waals surface area contributed by atoms with Gasteiger partial charge >= 0.3 is 0 Å². The van der Waals surface area contributed by atoms with E-state index in [1.54, 1.807) is 24.5 Å². The van der Waals surface area contributed by atoms with Crippen molar-refractivity contribution < 1.29 is 0 Å². The van der Waals surface area contributed by atoms with Crippen molar-refractivity contribution >= 4 is 32.3 Å². The smallest absolute Gasteiger partial charge is 0.0992 e. The van der Waals surface area contributed by atoms with E-state index in [-0.39, 0.29) is 0 Å². The lowest BCUT2D eigenvalue weighted by Gasteiger charge is -2.19. The molecule has 46 heavy (non-hydrogen) atoms. The van der Waals surface area contributed by atoms with Gasteiger partial charge in [0.05, 0.1) is 34.7 Å². The average Bonchev–Trinajstić information content (AvgIpc) is 3.13. The van der Waals surface area contributed by atoms with Crippen LogP contribution in [0.3, 0.4) is 0 Å². The van der Waals surface area contributed by atoms with Gasteiger partial charge in [-0.15, -0.1) is 0 Å². The molecule has 0 spiro atoms. The SMILES string of the molecule is N#Cc1ccnc(-c2ccc(-c3c4ccccc4c(-c4ccc(-c5cc(C#N)ccn5)cc4)c4cc5ccccc5cc34)cc2)c1. The summed E-state index contributed by atoms with van der Waals surface area (Å²) in [6.07, 6.45) is 3.36. The number of aromatic nitrogens is 2. The van der Waals surface area contributed by atoms with E-state index in [1.807, 2.05) is 12.1 Å². The van der Waals surface area contributed by atoms with Crippen molar-refractivity contribution in [1.82, 2.24) is 9.97 Å². The standard InChI is InChI=1S/C42H24N4/c43-25-27-17-19-45-39(21-27)29-9-13-31(14-10-29)41-35-7-3-4-8-36(35)42(38-24-34-6-2-1-5-33(34)23-37(38)41)32-15-11-30(12-16-32)40-22-28(26-44)18-20-46-40/h1-24H. The molecule has 4 nitrogen and oxygen atoms in total. The van der Waals surface area contributed by atoms with Crippen LogP contribution in [0.5, 0.6) is 0 Å². The third-order valence-corrected chi connectivity index (χ3v) is 8.61. The second-order valence-corrected chi connectivity index (χ2v) is 11.3. The van der Waals surface area contributed by atoms with Crippen molar-refractivity contribution in [3.8, 4) is 56.9 Å². The molecule has 0 amide bonds. The van der Waals surface area contributed by atoms with Gasteiger partial charge in [0.1, 0.15) is 0 Å². The van der Waals surface area contributed by atoms with Gasteiger partial charge in [-0.1, -0.05) is 97.1 Å². The van der Waals surface area contributed by atoms with Gasteiger partial charge in [0.2, 0.25) is 0 Å². The maximum Gasteiger partial charge on any atom is 0.0992 e. The van der Waals surface area contributed by atoms with Crippen LogP contribution in [0.4, 0.5) is 0 Å². The molecule has 0 aliphatic heterocycles. The highest BCUT2D eigenvalue weighted by molar-refractivity contribution is 6.23. The minimum atomic E-state index is 0.591. The molecule has 0 aliphatic carbocycles. The lowest BCUT2D eigenvalue weighted by atomic mass is 9.84. The quantitative estimate of drug-likeness (QED) is 0.193. The third-order valence-electron chi connectivity index (χ3n) is 8.61. The van der Waals surface area contributed by atoms with E-state index < -0.39 is 0 Å². The Morgan fingerprint density at radius 2 is 0.783 bits per heavy atom. The maximum atomic E-state index is 9.38. The summed E-state index contributed by atoms with van der Waals surface area (Å²) in [5.41, 5.74) is 9.25. The zero-order valence-corrected chi connectivity index (χ0v) is 24.6. The number of fused-ring (bicyclic) bond motifs is 3. The summed E-state index contributed by atoms with van der Waals surface area (Å²) >= 11 is 0. The van der Waals surface area contributed by atoms with Gasteiger partial charge in [-0.3, -0.25) is 9.97 Å². The average molecular weight is 585 g/mol. The molecule has 0 radical (unpaired) electrons. The Balaban J connectivity index is 1.36. The topological polar surface area (TPSA) is 73.4 Å². The summed E-state index contributed by atoms with van der Waals surface area (Å²) in [5.74, 6) is 0. The Kier molecular flexibility index (Phi) is 6.53. The summed E-state index contributed by atoms with van der Waals surface area (Å²) in [6.45, 7) is 0. The Hall–Kier alpha value is -6.62. The summed E-state index contributed by atoms with van der Waals surface area (Å²) in [7, 11) is 0. The molecular weight excluding hydrogens is 560 g/mol. The van der Waals surface area contributed by atoms with E-state index in [9.17, 15) is 10.5 Å². The first-order valence-corrected chi connectivity index (χ1v) is 15.0. The van der Waals surface area contributed by atoms with Crippen molar-refractivity contribution in [2.24, 2.45) is 0 Å². The predicted molar refractivity (Wildman–Crippen MR) is 186 cm³/mol.